The minimum atomic E-state index is 0.246. The highest BCUT2D eigenvalue weighted by molar-refractivity contribution is 8.00. The summed E-state index contributed by atoms with van der Waals surface area (Å²) in [5, 5.41) is 4.42. The number of para-hydroxylation sites is 1. The van der Waals surface area contributed by atoms with Crippen molar-refractivity contribution in [1.29, 1.82) is 0 Å². The minimum Gasteiger partial charge on any atom is -0.493 e. The number of hydrogen-bond acceptors (Lipinski definition) is 5. The van der Waals surface area contributed by atoms with Crippen molar-refractivity contribution in [3.63, 3.8) is 0 Å². The molecule has 5 nitrogen and oxygen atoms in total. The van der Waals surface area contributed by atoms with Gasteiger partial charge in [0.15, 0.2) is 11.5 Å². The molecular weight excluding hydrogens is 274 g/mol. The number of ether oxygens (including phenoxy) is 2. The van der Waals surface area contributed by atoms with Crippen LogP contribution in [0.5, 0.6) is 11.5 Å². The first-order chi connectivity index (χ1) is 9.69. The summed E-state index contributed by atoms with van der Waals surface area (Å²) < 4.78 is 13.1. The smallest absolute Gasteiger partial charge is 0.171 e. The molecule has 0 bridgehead atoms. The third-order valence-corrected chi connectivity index (χ3v) is 4.50. The van der Waals surface area contributed by atoms with Gasteiger partial charge in [-0.2, -0.15) is 16.9 Å². The number of methoxy groups -OCH3 is 1. The summed E-state index contributed by atoms with van der Waals surface area (Å²) in [6, 6.07) is 7.65. The van der Waals surface area contributed by atoms with Crippen LogP contribution in [0.3, 0.4) is 0 Å². The van der Waals surface area contributed by atoms with E-state index >= 15 is 0 Å². The first kappa shape index (κ1) is 13.2. The quantitative estimate of drug-likeness (QED) is 0.935. The Morgan fingerprint density at radius 2 is 2.20 bits per heavy atom. The number of nitrogens with zero attached hydrogens (tertiary/aromatic N) is 2. The van der Waals surface area contributed by atoms with Crippen molar-refractivity contribution in [3.05, 3.63) is 24.3 Å². The molecule has 0 unspecified atom stereocenters. The predicted octanol–water partition coefficient (Wildman–Crippen LogP) is 2.17. The molecule has 3 rings (SSSR count). The number of aromatic nitrogens is 2. The van der Waals surface area contributed by atoms with Gasteiger partial charge >= 0.3 is 0 Å². The second-order valence-electron chi connectivity index (χ2n) is 4.69. The normalized spacial score (nSPS) is 14.9. The van der Waals surface area contributed by atoms with Crippen LogP contribution in [0, 0.1) is 0 Å². The van der Waals surface area contributed by atoms with Gasteiger partial charge in [-0.05, 0) is 12.1 Å². The standard InChI is InChI=1S/C14H17N3O2S/c1-17-13(15)6-11(16-17)10-4-3-5-12(18-2)14(10)19-9-7-20-8-9/h3-6,9H,7-8,15H2,1-2H3. The topological polar surface area (TPSA) is 62.3 Å². The van der Waals surface area contributed by atoms with Crippen molar-refractivity contribution in [2.45, 2.75) is 6.10 Å². The van der Waals surface area contributed by atoms with Crippen LogP contribution in [-0.4, -0.2) is 34.5 Å². The lowest BCUT2D eigenvalue weighted by molar-refractivity contribution is 0.229. The summed E-state index contributed by atoms with van der Waals surface area (Å²) in [5.74, 6) is 4.12. The molecule has 0 aliphatic carbocycles. The van der Waals surface area contributed by atoms with Crippen molar-refractivity contribution < 1.29 is 9.47 Å². The Kier molecular flexibility index (Phi) is 3.48. The largest absolute Gasteiger partial charge is 0.493 e. The monoisotopic (exact) mass is 291 g/mol. The first-order valence-corrected chi connectivity index (χ1v) is 7.56. The van der Waals surface area contributed by atoms with E-state index in [9.17, 15) is 0 Å². The van der Waals surface area contributed by atoms with Gasteiger partial charge in [0, 0.05) is 30.2 Å². The molecule has 2 heterocycles. The molecule has 0 radical (unpaired) electrons. The van der Waals surface area contributed by atoms with E-state index in [1.165, 1.54) is 0 Å². The molecule has 6 heteroatoms. The van der Waals surface area contributed by atoms with Gasteiger partial charge in [-0.15, -0.1) is 0 Å². The van der Waals surface area contributed by atoms with E-state index in [1.807, 2.05) is 43.1 Å². The zero-order chi connectivity index (χ0) is 14.1. The van der Waals surface area contributed by atoms with Gasteiger partial charge < -0.3 is 15.2 Å². The summed E-state index contributed by atoms with van der Waals surface area (Å²) in [6.07, 6.45) is 0.246. The number of nitrogen functional groups attached to an aromatic ring is 1. The Bertz CT molecular complexity index is 603. The fourth-order valence-corrected chi connectivity index (χ4v) is 2.63. The number of thioether (sulfide) groups is 1. The van der Waals surface area contributed by atoms with Crippen molar-refractivity contribution in [2.24, 2.45) is 7.05 Å². The second-order valence-corrected chi connectivity index (χ2v) is 5.77. The summed E-state index contributed by atoms with van der Waals surface area (Å²) >= 11 is 1.88. The Hall–Kier alpha value is -1.82. The van der Waals surface area contributed by atoms with E-state index < -0.39 is 0 Å². The summed E-state index contributed by atoms with van der Waals surface area (Å²) in [5.41, 5.74) is 7.57. The molecule has 1 saturated heterocycles. The molecule has 0 amide bonds. The lowest BCUT2D eigenvalue weighted by Crippen LogP contribution is -2.31. The Morgan fingerprint density at radius 3 is 2.75 bits per heavy atom. The van der Waals surface area contributed by atoms with Crippen LogP contribution in [0.25, 0.3) is 11.3 Å². The number of anilines is 1. The van der Waals surface area contributed by atoms with E-state index in [2.05, 4.69) is 5.10 Å². The van der Waals surface area contributed by atoms with Crippen LogP contribution >= 0.6 is 11.8 Å². The molecule has 0 saturated carbocycles. The number of aryl methyl sites for hydroxylation is 1. The highest BCUT2D eigenvalue weighted by Crippen LogP contribution is 2.40. The van der Waals surface area contributed by atoms with Crippen LogP contribution in [0.15, 0.2) is 24.3 Å². The molecule has 1 fully saturated rings. The van der Waals surface area contributed by atoms with Crippen LogP contribution in [0.1, 0.15) is 0 Å². The molecule has 20 heavy (non-hydrogen) atoms. The maximum Gasteiger partial charge on any atom is 0.171 e. The molecule has 2 aromatic rings. The van der Waals surface area contributed by atoms with Gasteiger partial charge in [0.2, 0.25) is 0 Å². The van der Waals surface area contributed by atoms with Gasteiger partial charge in [-0.25, -0.2) is 0 Å². The molecule has 1 aromatic carbocycles. The highest BCUT2D eigenvalue weighted by atomic mass is 32.2. The lowest BCUT2D eigenvalue weighted by atomic mass is 10.1. The van der Waals surface area contributed by atoms with Crippen LogP contribution in [0.2, 0.25) is 0 Å². The molecule has 0 atom stereocenters. The predicted molar refractivity (Wildman–Crippen MR) is 81.3 cm³/mol. The molecule has 106 valence electrons. The lowest BCUT2D eigenvalue weighted by Gasteiger charge is -2.27. The maximum atomic E-state index is 6.07. The second kappa shape index (κ2) is 5.28. The minimum absolute atomic E-state index is 0.246. The van der Waals surface area contributed by atoms with E-state index in [0.29, 0.717) is 5.82 Å². The average molecular weight is 291 g/mol. The Labute approximate surface area is 122 Å². The van der Waals surface area contributed by atoms with Crippen molar-refractivity contribution in [2.75, 3.05) is 24.3 Å². The summed E-state index contributed by atoms with van der Waals surface area (Å²) in [7, 11) is 3.47. The maximum absolute atomic E-state index is 6.07. The molecule has 0 spiro atoms. The molecule has 2 N–H and O–H groups in total. The highest BCUT2D eigenvalue weighted by Gasteiger charge is 2.24. The SMILES string of the molecule is COc1cccc(-c2cc(N)n(C)n2)c1OC1CSC1. The molecule has 1 aliphatic rings. The van der Waals surface area contributed by atoms with Gasteiger partial charge in [0.1, 0.15) is 11.9 Å². The summed E-state index contributed by atoms with van der Waals surface area (Å²) in [4.78, 5) is 0. The number of rotatable bonds is 4. The molecular formula is C14H17N3O2S. The Morgan fingerprint density at radius 1 is 1.40 bits per heavy atom. The third kappa shape index (κ3) is 2.31. The number of hydrogen-bond donors (Lipinski definition) is 1. The zero-order valence-corrected chi connectivity index (χ0v) is 12.3. The van der Waals surface area contributed by atoms with E-state index in [-0.39, 0.29) is 6.10 Å². The van der Waals surface area contributed by atoms with Crippen molar-refractivity contribution in [1.82, 2.24) is 9.78 Å². The molecule has 1 aliphatic heterocycles. The first-order valence-electron chi connectivity index (χ1n) is 6.40. The van der Waals surface area contributed by atoms with Gasteiger partial charge in [0.05, 0.1) is 12.8 Å². The Balaban J connectivity index is 2.03. The van der Waals surface area contributed by atoms with Crippen LogP contribution < -0.4 is 15.2 Å². The van der Waals surface area contributed by atoms with E-state index in [0.717, 1.165) is 34.3 Å². The fraction of sp³-hybridized carbons (Fsp3) is 0.357. The van der Waals surface area contributed by atoms with Gasteiger partial charge in [-0.1, -0.05) is 6.07 Å². The zero-order valence-electron chi connectivity index (χ0n) is 11.5. The number of benzene rings is 1. The number of nitrogens with two attached hydrogens (primary N) is 1. The van der Waals surface area contributed by atoms with Crippen molar-refractivity contribution >= 4 is 17.6 Å². The van der Waals surface area contributed by atoms with Crippen molar-refractivity contribution in [3.8, 4) is 22.8 Å². The van der Waals surface area contributed by atoms with Gasteiger partial charge in [-0.3, -0.25) is 4.68 Å². The summed E-state index contributed by atoms with van der Waals surface area (Å²) in [6.45, 7) is 0. The van der Waals surface area contributed by atoms with E-state index in [1.54, 1.807) is 11.8 Å². The average Bonchev–Trinajstić information content (AvgIpc) is 2.73. The third-order valence-electron chi connectivity index (χ3n) is 3.28. The van der Waals surface area contributed by atoms with Gasteiger partial charge in [0.25, 0.3) is 0 Å². The molecule has 1 aromatic heterocycles. The van der Waals surface area contributed by atoms with Crippen LogP contribution in [-0.2, 0) is 7.05 Å². The van der Waals surface area contributed by atoms with Crippen LogP contribution in [0.4, 0.5) is 5.82 Å². The fourth-order valence-electron chi connectivity index (χ4n) is 2.06. The van der Waals surface area contributed by atoms with E-state index in [4.69, 9.17) is 15.2 Å².